The number of carbonyl (C=O) groups is 1. The number of amides is 1. The van der Waals surface area contributed by atoms with Gasteiger partial charge in [0.25, 0.3) is 5.91 Å². The number of rotatable bonds is 8. The lowest BCUT2D eigenvalue weighted by Crippen LogP contribution is -2.42. The van der Waals surface area contributed by atoms with Crippen LogP contribution in [0.4, 0.5) is 10.1 Å². The number of aliphatic hydroxyl groups is 2. The predicted molar refractivity (Wildman–Crippen MR) is 126 cm³/mol. The van der Waals surface area contributed by atoms with Crippen LogP contribution < -0.4 is 10.6 Å². The van der Waals surface area contributed by atoms with Gasteiger partial charge in [-0.15, -0.1) is 0 Å². The number of pyridine rings is 2. The highest BCUT2D eigenvalue weighted by Crippen LogP contribution is 2.23. The van der Waals surface area contributed by atoms with Gasteiger partial charge in [0.1, 0.15) is 23.7 Å². The van der Waals surface area contributed by atoms with Gasteiger partial charge in [0, 0.05) is 30.0 Å². The van der Waals surface area contributed by atoms with Crippen LogP contribution in [0.5, 0.6) is 0 Å². The number of halogens is 1. The maximum Gasteiger partial charge on any atom is 0.255 e. The first kappa shape index (κ1) is 24.8. The molecular formula is C24H27FN6O3. The van der Waals surface area contributed by atoms with Crippen LogP contribution in [-0.2, 0) is 0 Å². The molecule has 9 nitrogen and oxygen atoms in total. The topological polar surface area (TPSA) is 136 Å². The van der Waals surface area contributed by atoms with E-state index in [-0.39, 0.29) is 12.1 Å². The molecule has 1 amide bonds. The molecule has 4 N–H and O–H groups in total. The van der Waals surface area contributed by atoms with Gasteiger partial charge in [0.2, 0.25) is 0 Å². The fourth-order valence-electron chi connectivity index (χ4n) is 3.01. The molecule has 178 valence electrons. The van der Waals surface area contributed by atoms with E-state index in [0.717, 1.165) is 5.39 Å². The van der Waals surface area contributed by atoms with Crippen molar-refractivity contribution in [2.45, 2.75) is 45.1 Å². The molecule has 3 aromatic rings. The average molecular weight is 467 g/mol. The van der Waals surface area contributed by atoms with Gasteiger partial charge >= 0.3 is 0 Å². The normalized spacial score (nSPS) is 13.1. The quantitative estimate of drug-likeness (QED) is 0.401. The van der Waals surface area contributed by atoms with Gasteiger partial charge in [-0.25, -0.2) is 14.4 Å². The first-order chi connectivity index (χ1) is 15.9. The van der Waals surface area contributed by atoms with Crippen molar-refractivity contribution in [2.24, 2.45) is 0 Å². The third kappa shape index (κ3) is 5.95. The molecule has 0 bridgehead atoms. The van der Waals surface area contributed by atoms with E-state index in [2.05, 4.69) is 20.6 Å². The second-order valence-corrected chi connectivity index (χ2v) is 8.99. The Hall–Kier alpha value is -3.81. The van der Waals surface area contributed by atoms with Crippen molar-refractivity contribution in [3.63, 3.8) is 0 Å². The smallest absolute Gasteiger partial charge is 0.255 e. The maximum atomic E-state index is 14.1. The largest absolute Gasteiger partial charge is 0.387 e. The Bertz CT molecular complexity index is 1260. The van der Waals surface area contributed by atoms with Crippen molar-refractivity contribution in [2.75, 3.05) is 11.9 Å². The van der Waals surface area contributed by atoms with E-state index in [1.165, 1.54) is 38.5 Å². The second-order valence-electron chi connectivity index (χ2n) is 8.99. The summed E-state index contributed by atoms with van der Waals surface area (Å²) >= 11 is 0. The number of aromatic nitrogens is 3. The molecule has 1 atom stereocenters. The molecule has 34 heavy (non-hydrogen) atoms. The minimum atomic E-state index is -1.66. The predicted octanol–water partition coefficient (Wildman–Crippen LogP) is 2.83. The van der Waals surface area contributed by atoms with E-state index < -0.39 is 23.3 Å². The molecule has 0 aromatic carbocycles. The molecule has 0 saturated carbocycles. The van der Waals surface area contributed by atoms with Crippen molar-refractivity contribution in [3.05, 3.63) is 60.2 Å². The Morgan fingerprint density at radius 3 is 2.65 bits per heavy atom. The molecule has 10 heteroatoms. The number of fused-ring (bicyclic) bond motifs is 1. The second kappa shape index (κ2) is 9.59. The van der Waals surface area contributed by atoms with Gasteiger partial charge in [-0.05, 0) is 52.1 Å². The summed E-state index contributed by atoms with van der Waals surface area (Å²) in [4.78, 5) is 21.5. The molecule has 0 unspecified atom stereocenters. The minimum Gasteiger partial charge on any atom is -0.387 e. The van der Waals surface area contributed by atoms with Gasteiger partial charge in [-0.2, -0.15) is 5.26 Å². The SMILES string of the molecule is CC(C)(O)C=CNc1cc(-n2ccc3cc(C#N)cnc32)ncc1C(=O)NC[C@@H](F)C(C)(C)O. The highest BCUT2D eigenvalue weighted by molar-refractivity contribution is 5.99. The van der Waals surface area contributed by atoms with Gasteiger partial charge in [0.05, 0.1) is 34.6 Å². The number of alkyl halides is 1. The summed E-state index contributed by atoms with van der Waals surface area (Å²) in [5.74, 6) is -0.137. The lowest BCUT2D eigenvalue weighted by Gasteiger charge is -2.22. The van der Waals surface area contributed by atoms with E-state index in [4.69, 9.17) is 5.26 Å². The van der Waals surface area contributed by atoms with Crippen LogP contribution >= 0.6 is 0 Å². The number of nitrogens with zero attached hydrogens (tertiary/aromatic N) is 4. The Morgan fingerprint density at radius 2 is 2.00 bits per heavy atom. The van der Waals surface area contributed by atoms with Crippen molar-refractivity contribution in [1.29, 1.82) is 5.26 Å². The average Bonchev–Trinajstić information content (AvgIpc) is 3.18. The summed E-state index contributed by atoms with van der Waals surface area (Å²) in [6.45, 7) is 5.47. The molecule has 0 fully saturated rings. The van der Waals surface area contributed by atoms with Crippen LogP contribution in [-0.4, -0.2) is 54.6 Å². The molecule has 0 aliphatic carbocycles. The van der Waals surface area contributed by atoms with E-state index >= 15 is 0 Å². The van der Waals surface area contributed by atoms with Crippen LogP contribution in [0, 0.1) is 11.3 Å². The molecule has 0 radical (unpaired) electrons. The number of nitrogens with one attached hydrogen (secondary N) is 2. The van der Waals surface area contributed by atoms with Crippen molar-refractivity contribution in [3.8, 4) is 11.9 Å². The highest BCUT2D eigenvalue weighted by atomic mass is 19.1. The molecule has 0 spiro atoms. The zero-order valence-corrected chi connectivity index (χ0v) is 19.4. The Morgan fingerprint density at radius 1 is 1.26 bits per heavy atom. The first-order valence-corrected chi connectivity index (χ1v) is 10.6. The zero-order valence-electron chi connectivity index (χ0n) is 19.4. The van der Waals surface area contributed by atoms with E-state index in [1.807, 2.05) is 6.07 Å². The molecule has 3 aromatic heterocycles. The Labute approximate surface area is 196 Å². The van der Waals surface area contributed by atoms with Gasteiger partial charge in [-0.3, -0.25) is 9.36 Å². The number of anilines is 1. The summed E-state index contributed by atoms with van der Waals surface area (Å²) in [6.07, 6.45) is 5.89. The first-order valence-electron chi connectivity index (χ1n) is 10.6. The standard InChI is InChI=1S/C24H27FN6O3/c1-23(2,33)6-7-27-18-10-20(31-8-5-16-9-15(11-26)12-29-21(16)31)28-13-17(18)22(32)30-14-19(25)24(3,4)34/h5-10,12-13,19,33-34H,14H2,1-4H3,(H,27,28)(H,30,32)/t19-/m1/s1. The summed E-state index contributed by atoms with van der Waals surface area (Å²) in [7, 11) is 0. The lowest BCUT2D eigenvalue weighted by molar-refractivity contribution is -0.00177. The van der Waals surface area contributed by atoms with Crippen LogP contribution in [0.15, 0.2) is 49.1 Å². The lowest BCUT2D eigenvalue weighted by atomic mass is 10.0. The highest BCUT2D eigenvalue weighted by Gasteiger charge is 2.27. The molecule has 0 saturated heterocycles. The van der Waals surface area contributed by atoms with Crippen molar-refractivity contribution >= 4 is 22.6 Å². The van der Waals surface area contributed by atoms with Crippen molar-refractivity contribution < 1.29 is 19.4 Å². The molecule has 0 aliphatic heterocycles. The molecule has 3 rings (SSSR count). The van der Waals surface area contributed by atoms with Crippen LogP contribution in [0.2, 0.25) is 0 Å². The minimum absolute atomic E-state index is 0.142. The third-order valence-electron chi connectivity index (χ3n) is 4.97. The third-order valence-corrected chi connectivity index (χ3v) is 4.97. The fraction of sp³-hybridized carbons (Fsp3) is 0.333. The summed E-state index contributed by atoms with van der Waals surface area (Å²) in [6, 6.07) is 7.17. The molecule has 3 heterocycles. The van der Waals surface area contributed by atoms with E-state index in [9.17, 15) is 19.4 Å². The number of carbonyl (C=O) groups excluding carboxylic acids is 1. The van der Waals surface area contributed by atoms with Crippen molar-refractivity contribution in [1.82, 2.24) is 19.9 Å². The number of hydrogen-bond donors (Lipinski definition) is 4. The monoisotopic (exact) mass is 466 g/mol. The van der Waals surface area contributed by atoms with E-state index in [1.54, 1.807) is 42.8 Å². The van der Waals surface area contributed by atoms with Crippen LogP contribution in [0.3, 0.4) is 0 Å². The molecule has 0 aliphatic rings. The Kier molecular flexibility index (Phi) is 7.00. The van der Waals surface area contributed by atoms with Gasteiger partial charge < -0.3 is 20.8 Å². The summed E-state index contributed by atoms with van der Waals surface area (Å²) in [5.41, 5.74) is -1.17. The maximum absolute atomic E-state index is 14.1. The summed E-state index contributed by atoms with van der Waals surface area (Å²) in [5, 5.41) is 35.0. The van der Waals surface area contributed by atoms with Crippen LogP contribution in [0.25, 0.3) is 16.9 Å². The fourth-order valence-corrected chi connectivity index (χ4v) is 3.01. The molecular weight excluding hydrogens is 439 g/mol. The number of hydrogen-bond acceptors (Lipinski definition) is 7. The Balaban J connectivity index is 1.96. The van der Waals surface area contributed by atoms with Gasteiger partial charge in [-0.1, -0.05) is 0 Å². The zero-order chi connectivity index (χ0) is 25.1. The van der Waals surface area contributed by atoms with Gasteiger partial charge in [0.15, 0.2) is 0 Å². The van der Waals surface area contributed by atoms with E-state index in [0.29, 0.717) is 22.7 Å². The number of nitriles is 1. The van der Waals surface area contributed by atoms with Crippen LogP contribution in [0.1, 0.15) is 43.6 Å². The summed E-state index contributed by atoms with van der Waals surface area (Å²) < 4.78 is 15.8.